The van der Waals surface area contributed by atoms with Gasteiger partial charge in [0.15, 0.2) is 17.5 Å². The molecule has 0 aliphatic rings. The zero-order valence-electron chi connectivity index (χ0n) is 30.2. The minimum Gasteiger partial charge on any atom is -0.456 e. The minimum atomic E-state index is -0.491. The molecule has 0 spiro atoms. The van der Waals surface area contributed by atoms with Crippen molar-refractivity contribution < 1.29 is 15.7 Å². The molecule has 0 bridgehead atoms. The van der Waals surface area contributed by atoms with Crippen LogP contribution in [0.25, 0.3) is 99.9 Å². The van der Waals surface area contributed by atoms with Crippen molar-refractivity contribution in [2.24, 2.45) is 0 Å². The average Bonchev–Trinajstić information content (AvgIpc) is 3.77. The number of para-hydroxylation sites is 2. The summed E-state index contributed by atoms with van der Waals surface area (Å²) < 4.78 is 55.0. The molecule has 10 rings (SSSR count). The summed E-state index contributed by atoms with van der Waals surface area (Å²) in [6.07, 6.45) is 0. The van der Waals surface area contributed by atoms with E-state index in [2.05, 4.69) is 24.3 Å². The lowest BCUT2D eigenvalue weighted by molar-refractivity contribution is 0.668. The predicted octanol–water partition coefficient (Wildman–Crippen LogP) is 11.5. The van der Waals surface area contributed by atoms with Gasteiger partial charge < -0.3 is 8.83 Å². The summed E-state index contributed by atoms with van der Waals surface area (Å²) in [4.78, 5) is 14.8. The lowest BCUT2D eigenvalue weighted by Crippen LogP contribution is -2.01. The van der Waals surface area contributed by atoms with Gasteiger partial charge in [0.05, 0.1) is 6.85 Å². The van der Waals surface area contributed by atoms with E-state index in [-0.39, 0.29) is 23.0 Å². The van der Waals surface area contributed by atoms with Crippen LogP contribution < -0.4 is 0 Å². The summed E-state index contributed by atoms with van der Waals surface area (Å²) in [5.74, 6) is 0.530. The molecular formula is C43H25N3O2. The Balaban J connectivity index is 1.26. The van der Waals surface area contributed by atoms with Crippen LogP contribution in [-0.2, 0) is 0 Å². The maximum atomic E-state index is 8.81. The molecule has 7 aromatic carbocycles. The largest absolute Gasteiger partial charge is 0.456 e. The number of benzene rings is 7. The first kappa shape index (κ1) is 22.0. The quantitative estimate of drug-likeness (QED) is 0.196. The van der Waals surface area contributed by atoms with Gasteiger partial charge in [0.2, 0.25) is 0 Å². The van der Waals surface area contributed by atoms with E-state index in [0.717, 1.165) is 54.6 Å². The van der Waals surface area contributed by atoms with Crippen molar-refractivity contribution >= 4 is 54.6 Å². The molecule has 5 heteroatoms. The van der Waals surface area contributed by atoms with E-state index in [1.807, 2.05) is 97.1 Å². The summed E-state index contributed by atoms with van der Waals surface area (Å²) in [7, 11) is 0. The third kappa shape index (κ3) is 4.08. The molecule has 0 unspecified atom stereocenters. The van der Waals surface area contributed by atoms with E-state index in [1.165, 1.54) is 0 Å². The Morgan fingerprint density at radius 1 is 0.375 bits per heavy atom. The summed E-state index contributed by atoms with van der Waals surface area (Å²) >= 11 is 0. The highest BCUT2D eigenvalue weighted by Gasteiger charge is 2.20. The van der Waals surface area contributed by atoms with E-state index in [9.17, 15) is 0 Å². The fourth-order valence-electron chi connectivity index (χ4n) is 6.79. The topological polar surface area (TPSA) is 65.0 Å². The van der Waals surface area contributed by atoms with Crippen LogP contribution in [0.2, 0.25) is 0 Å². The van der Waals surface area contributed by atoms with Crippen LogP contribution >= 0.6 is 0 Å². The number of aromatic nitrogens is 3. The van der Waals surface area contributed by atoms with Crippen molar-refractivity contribution in [3.8, 4) is 45.3 Å². The van der Waals surface area contributed by atoms with Crippen molar-refractivity contribution in [1.29, 1.82) is 0 Å². The van der Waals surface area contributed by atoms with E-state index in [0.29, 0.717) is 22.3 Å². The van der Waals surface area contributed by atoms with Gasteiger partial charge >= 0.3 is 0 Å². The second-order valence-corrected chi connectivity index (χ2v) is 11.6. The molecule has 0 fully saturated rings. The molecule has 0 saturated carbocycles. The third-order valence-electron chi connectivity index (χ3n) is 8.86. The molecule has 48 heavy (non-hydrogen) atoms. The zero-order valence-corrected chi connectivity index (χ0v) is 25.2. The van der Waals surface area contributed by atoms with Gasteiger partial charge in [-0.2, -0.15) is 0 Å². The number of hydrogen-bond donors (Lipinski definition) is 0. The van der Waals surface area contributed by atoms with Crippen molar-refractivity contribution in [1.82, 2.24) is 15.0 Å². The molecule has 0 aliphatic heterocycles. The summed E-state index contributed by atoms with van der Waals surface area (Å²) in [6, 6.07) is 37.3. The number of nitrogens with zero attached hydrogens (tertiary/aromatic N) is 3. The van der Waals surface area contributed by atoms with Gasteiger partial charge in [-0.15, -0.1) is 0 Å². The summed E-state index contributed by atoms with van der Waals surface area (Å²) in [5, 5.41) is 5.54. The Morgan fingerprint density at radius 3 is 1.52 bits per heavy atom. The van der Waals surface area contributed by atoms with Gasteiger partial charge in [-0.05, 0) is 46.2 Å². The second-order valence-electron chi connectivity index (χ2n) is 11.6. The van der Waals surface area contributed by atoms with Gasteiger partial charge in [-0.25, -0.2) is 15.0 Å². The maximum absolute atomic E-state index is 8.81. The normalized spacial score (nSPS) is 13.2. The molecule has 0 radical (unpaired) electrons. The molecule has 3 aromatic heterocycles. The van der Waals surface area contributed by atoms with Gasteiger partial charge in [0.25, 0.3) is 0 Å². The van der Waals surface area contributed by atoms with Gasteiger partial charge in [-0.3, -0.25) is 0 Å². The Morgan fingerprint density at radius 2 is 0.833 bits per heavy atom. The van der Waals surface area contributed by atoms with Crippen LogP contribution in [0.4, 0.5) is 0 Å². The van der Waals surface area contributed by atoms with E-state index >= 15 is 0 Å². The molecule has 0 N–H and O–H groups in total. The van der Waals surface area contributed by atoms with Crippen LogP contribution in [0, 0.1) is 0 Å². The fraction of sp³-hybridized carbons (Fsp3) is 0. The van der Waals surface area contributed by atoms with Crippen molar-refractivity contribution in [3.05, 3.63) is 152 Å². The molecule has 0 amide bonds. The standard InChI is InChI=1S/C43H25N3O2/c1-2-12-26(13-3-1)41-44-42(46-43(45-41)34-21-11-25-38-40(34)33-15-5-7-23-36(33)48-38)31-20-9-16-27-28(17-8-18-29(27)31)30-19-10-24-37-39(30)32-14-4-6-22-35(32)47-37/h1-25H/i1D,2D,3D,12D,13D. The lowest BCUT2D eigenvalue weighted by Gasteiger charge is -2.13. The van der Waals surface area contributed by atoms with Crippen LogP contribution in [-0.4, -0.2) is 15.0 Å². The van der Waals surface area contributed by atoms with E-state index in [4.69, 9.17) is 30.6 Å². The molecular weight excluding hydrogens is 590 g/mol. The number of furan rings is 2. The van der Waals surface area contributed by atoms with Crippen LogP contribution in [0.3, 0.4) is 0 Å². The minimum absolute atomic E-state index is 0.0328. The number of fused-ring (bicyclic) bond motifs is 7. The average molecular weight is 621 g/mol. The molecule has 3 heterocycles. The Kier molecular flexibility index (Phi) is 4.81. The van der Waals surface area contributed by atoms with Crippen LogP contribution in [0.15, 0.2) is 160 Å². The van der Waals surface area contributed by atoms with Crippen LogP contribution in [0.5, 0.6) is 0 Å². The fourth-order valence-corrected chi connectivity index (χ4v) is 6.79. The molecule has 5 nitrogen and oxygen atoms in total. The predicted molar refractivity (Wildman–Crippen MR) is 194 cm³/mol. The molecule has 0 aliphatic carbocycles. The SMILES string of the molecule is [2H]c1c([2H])c([2H])c(-c2nc(-c3cccc4c(-c5cccc6oc7ccccc7c56)cccc34)nc(-c3cccc4oc5ccccc5c34)n2)c([2H])c1[2H]. The van der Waals surface area contributed by atoms with Gasteiger partial charge in [-0.1, -0.05) is 127 Å². The molecule has 0 atom stereocenters. The first-order valence-electron chi connectivity index (χ1n) is 18.0. The molecule has 224 valence electrons. The monoisotopic (exact) mass is 620 g/mol. The third-order valence-corrected chi connectivity index (χ3v) is 8.86. The molecule has 10 aromatic rings. The smallest absolute Gasteiger partial charge is 0.164 e. The second kappa shape index (κ2) is 10.5. The van der Waals surface area contributed by atoms with Crippen molar-refractivity contribution in [3.63, 3.8) is 0 Å². The van der Waals surface area contributed by atoms with Crippen molar-refractivity contribution in [2.75, 3.05) is 0 Å². The highest BCUT2D eigenvalue weighted by Crippen LogP contribution is 2.41. The molecule has 0 saturated heterocycles. The zero-order chi connectivity index (χ0) is 36.0. The Hall–Kier alpha value is -6.59. The summed E-state index contributed by atoms with van der Waals surface area (Å²) in [6.45, 7) is 0. The first-order chi connectivity index (χ1) is 25.9. The number of hydrogen-bond acceptors (Lipinski definition) is 5. The highest BCUT2D eigenvalue weighted by atomic mass is 16.3. The van der Waals surface area contributed by atoms with E-state index < -0.39 is 30.2 Å². The highest BCUT2D eigenvalue weighted by molar-refractivity contribution is 6.16. The van der Waals surface area contributed by atoms with Gasteiger partial charge in [0, 0.05) is 38.2 Å². The summed E-state index contributed by atoms with van der Waals surface area (Å²) in [5.41, 5.74) is 6.21. The Labute approximate surface area is 281 Å². The maximum Gasteiger partial charge on any atom is 0.164 e. The first-order valence-corrected chi connectivity index (χ1v) is 15.5. The van der Waals surface area contributed by atoms with Crippen molar-refractivity contribution in [2.45, 2.75) is 0 Å². The van der Waals surface area contributed by atoms with Gasteiger partial charge in [0.1, 0.15) is 22.3 Å². The Bertz CT molecular complexity index is 3120. The van der Waals surface area contributed by atoms with Crippen LogP contribution in [0.1, 0.15) is 6.85 Å². The van der Waals surface area contributed by atoms with E-state index in [1.54, 1.807) is 0 Å². The number of rotatable bonds is 4. The lowest BCUT2D eigenvalue weighted by atomic mass is 9.93.